The Bertz CT molecular complexity index is 3290. The topological polar surface area (TPSA) is 856 Å². The second-order valence-electron chi connectivity index (χ2n) is 30.1. The lowest BCUT2D eigenvalue weighted by molar-refractivity contribution is -0.396. The summed E-state index contributed by atoms with van der Waals surface area (Å²) in [5.41, 5.74) is 0. The first kappa shape index (κ1) is 102. The lowest BCUT2D eigenvalue weighted by Gasteiger charge is -2.51. The first-order valence-electron chi connectivity index (χ1n) is 38.2. The third-order valence-electron chi connectivity index (χ3n) is 21.4. The predicted molar refractivity (Wildman–Crippen MR) is 374 cm³/mol. The van der Waals surface area contributed by atoms with Crippen LogP contribution in [0.3, 0.4) is 0 Å². The number of carboxylic acids is 1. The summed E-state index contributed by atoms with van der Waals surface area (Å²) in [7, 11) is 0. The van der Waals surface area contributed by atoms with Gasteiger partial charge in [-0.05, 0) is 0 Å². The summed E-state index contributed by atoms with van der Waals surface area (Å²) in [6.07, 6.45) is -86.7. The second-order valence-corrected chi connectivity index (χ2v) is 30.1. The van der Waals surface area contributed by atoms with Crippen LogP contribution in [0.2, 0.25) is 0 Å². The van der Waals surface area contributed by atoms with Gasteiger partial charge in [0.15, 0.2) is 44.0 Å². The van der Waals surface area contributed by atoms with E-state index < -0.39 is 383 Å². The first-order valence-corrected chi connectivity index (χ1v) is 38.2. The van der Waals surface area contributed by atoms with Crippen molar-refractivity contribution in [3.63, 3.8) is 0 Å². The van der Waals surface area contributed by atoms with Crippen molar-refractivity contribution in [2.24, 2.45) is 0 Å². The van der Waals surface area contributed by atoms with Crippen LogP contribution in [0.15, 0.2) is 0 Å². The van der Waals surface area contributed by atoms with Crippen molar-refractivity contribution in [3.05, 3.63) is 0 Å². The summed E-state index contributed by atoms with van der Waals surface area (Å²) in [6.45, 7) is -7.03. The van der Waals surface area contributed by atoms with Crippen LogP contribution in [-0.4, -0.2) is 515 Å². The van der Waals surface area contributed by atoms with Crippen LogP contribution in [0.25, 0.3) is 0 Å². The Morgan fingerprint density at radius 3 is 1.22 bits per heavy atom. The average molecular weight is 1770 g/mol. The molecule has 0 radical (unpaired) electrons. The third kappa shape index (κ3) is 23.6. The zero-order valence-corrected chi connectivity index (χ0v) is 65.2. The molecular weight excluding hydrogens is 1660 g/mol. The lowest BCUT2D eigenvalue weighted by Crippen LogP contribution is -2.70. The van der Waals surface area contributed by atoms with Gasteiger partial charge in [0.1, 0.15) is 207 Å². The maximum Gasteiger partial charge on any atom is 0.364 e. The quantitative estimate of drug-likeness (QED) is 0.0275. The molecular formula is C67H113N5O49. The normalized spacial score (nSPS) is 43.9. The molecule has 45 atom stereocenters. The third-order valence-corrected chi connectivity index (χ3v) is 21.4. The molecule has 8 heterocycles. The highest BCUT2D eigenvalue weighted by atomic mass is 16.8. The molecule has 5 amide bonds. The van der Waals surface area contributed by atoms with Crippen molar-refractivity contribution in [1.29, 1.82) is 0 Å². The van der Waals surface area contributed by atoms with E-state index in [9.17, 15) is 167 Å². The van der Waals surface area contributed by atoms with E-state index in [0.717, 1.165) is 34.6 Å². The smallest absolute Gasteiger partial charge is 0.364 e. The molecule has 8 aliphatic heterocycles. The molecule has 54 heteroatoms. The van der Waals surface area contributed by atoms with E-state index in [-0.39, 0.29) is 0 Å². The largest absolute Gasteiger partial charge is 0.477 e. The van der Waals surface area contributed by atoms with Crippen LogP contribution in [-0.2, 0) is 105 Å². The van der Waals surface area contributed by atoms with Crippen molar-refractivity contribution >= 4 is 35.5 Å². The molecule has 121 heavy (non-hydrogen) atoms. The van der Waals surface area contributed by atoms with Crippen molar-refractivity contribution in [3.8, 4) is 0 Å². The number of amides is 5. The van der Waals surface area contributed by atoms with Gasteiger partial charge >= 0.3 is 5.97 Å². The lowest BCUT2D eigenvalue weighted by atomic mass is 9.88. The van der Waals surface area contributed by atoms with Crippen LogP contribution < -0.4 is 26.6 Å². The van der Waals surface area contributed by atoms with E-state index in [1.807, 2.05) is 0 Å². The second kappa shape index (κ2) is 44.7. The van der Waals surface area contributed by atoms with E-state index in [0.29, 0.717) is 0 Å². The van der Waals surface area contributed by atoms with E-state index in [1.165, 1.54) is 0 Å². The molecule has 8 fully saturated rings. The number of hydrogen-bond donors (Lipinski definition) is 32. The van der Waals surface area contributed by atoms with Crippen LogP contribution in [0.5, 0.6) is 0 Å². The standard InChI is InChI=1S/C67H113N5O49/c1-17(81)68-22(7-73)37(89)52(25(88)9-75)115-60-35(71-20(4)84)45(97)54(30(14-80)111-60)117-63-51(103)56(118-65-58(49(101)41(93)28(12-78)110-65)120-59-34(70-19(3)83)44(96)39(91)26(10-76)108-59)43(95)31(113-63)15-106-64-57(48(100)40(92)27(11-77)109-64)119-61-36(72-21(5)85)46(98)53(29(13-79)112-61)116-62-50(102)47(99)42(94)32(114-62)16-107-67(66(104)105)6-23(86)33(69-18(2)82)55(121-67)38(90)24(87)8-74/h22-65,73-80,86-103H,6-16H2,1-5H3,(H,68,81)(H,69,82)(H,70,83)(H,71,84)(H,72,85)(H,104,105)/t22-,23-,24+,25+,26+,27+,28+,29+,30+,31+,32+,33+,34+,35+,36+,37+,38+,39+,40+,41+,42-,43+,44+,45+,46+,47-,48-,49-,50+,51-,52+,53+,54+,55+,56-,57-,58-,59?,60?,61?,62?,63?,64?,65?,67?/m0/s1. The van der Waals surface area contributed by atoms with Crippen molar-refractivity contribution in [2.75, 3.05) is 66.1 Å². The van der Waals surface area contributed by atoms with E-state index in [1.54, 1.807) is 0 Å². The highest BCUT2D eigenvalue weighted by Gasteiger charge is 2.62. The summed E-state index contributed by atoms with van der Waals surface area (Å²) in [5.74, 6) is -9.69. The maximum absolute atomic E-state index is 13.1. The number of nitrogens with one attached hydrogen (secondary N) is 5. The fraction of sp³-hybridized carbons (Fsp3) is 0.910. The minimum absolute atomic E-state index is 0.820. The van der Waals surface area contributed by atoms with Gasteiger partial charge in [-0.1, -0.05) is 0 Å². The molecule has 0 aromatic rings. The van der Waals surface area contributed by atoms with Gasteiger partial charge in [-0.3, -0.25) is 24.0 Å². The number of rotatable bonds is 37. The predicted octanol–water partition coefficient (Wildman–Crippen LogP) is -21.1. The van der Waals surface area contributed by atoms with Crippen LogP contribution >= 0.6 is 0 Å². The Morgan fingerprint density at radius 2 is 0.760 bits per heavy atom. The Hall–Kier alpha value is -4.86. The minimum Gasteiger partial charge on any atom is -0.477 e. The van der Waals surface area contributed by atoms with E-state index >= 15 is 0 Å². The molecule has 0 bridgehead atoms. The number of ether oxygens (including phenoxy) is 16. The number of carboxylic acid groups (broad SMARTS) is 1. The molecule has 0 saturated carbocycles. The summed E-state index contributed by atoms with van der Waals surface area (Å²) in [5, 5.41) is 311. The summed E-state index contributed by atoms with van der Waals surface area (Å²) in [4.78, 5) is 75.7. The van der Waals surface area contributed by atoms with Gasteiger partial charge in [-0.2, -0.15) is 0 Å². The highest BCUT2D eigenvalue weighted by Crippen LogP contribution is 2.41. The number of carbonyl (C=O) groups excluding carboxylic acids is 5. The first-order chi connectivity index (χ1) is 57.0. The van der Waals surface area contributed by atoms with E-state index in [2.05, 4.69) is 26.6 Å². The van der Waals surface area contributed by atoms with Crippen LogP contribution in [0.1, 0.15) is 41.0 Å². The number of aliphatic hydroxyl groups excluding tert-OH is 26. The molecule has 0 aliphatic carbocycles. The van der Waals surface area contributed by atoms with Gasteiger partial charge in [0.2, 0.25) is 29.5 Å². The molecule has 0 aromatic carbocycles. The molecule has 0 aromatic heterocycles. The van der Waals surface area contributed by atoms with Crippen molar-refractivity contribution < 1.29 is 242 Å². The number of aliphatic hydroxyl groups is 26. The van der Waals surface area contributed by atoms with E-state index in [4.69, 9.17) is 75.8 Å². The number of aliphatic carboxylic acids is 1. The zero-order valence-electron chi connectivity index (χ0n) is 65.2. The Morgan fingerprint density at radius 1 is 0.372 bits per heavy atom. The van der Waals surface area contributed by atoms with Gasteiger partial charge in [0.05, 0.1) is 84.3 Å². The highest BCUT2D eigenvalue weighted by molar-refractivity contribution is 5.77. The fourth-order valence-electron chi connectivity index (χ4n) is 15.0. The maximum atomic E-state index is 13.1. The molecule has 8 unspecified atom stereocenters. The Balaban J connectivity index is 1.11. The van der Waals surface area contributed by atoms with Crippen LogP contribution in [0.4, 0.5) is 0 Å². The van der Waals surface area contributed by atoms with Gasteiger partial charge in [-0.25, -0.2) is 4.79 Å². The molecule has 8 saturated heterocycles. The Labute approximate surface area is 685 Å². The monoisotopic (exact) mass is 1770 g/mol. The molecule has 54 nitrogen and oxygen atoms in total. The van der Waals surface area contributed by atoms with Gasteiger partial charge in [-0.15, -0.1) is 0 Å². The molecule has 8 rings (SSSR count). The molecule has 700 valence electrons. The summed E-state index contributed by atoms with van der Waals surface area (Å²) >= 11 is 0. The molecule has 8 aliphatic rings. The SMILES string of the molecule is CC(=O)N[C@H]1[C@H]([C@H](O)[C@H](O)CO)OC(OC[C@H]2OC(O[C@H]3[C@H](O)[C@@H](NC(C)=O)C(O[C@@H]4C(OC[C@H]5OC(O[C@H]6[C@H](O)[C@@H](NC(C)=O)C(O[C@@H]([C@H](O)[C@H](CO)NC(C)=O)[C@H](O)CO)O[C@@H]6CO)[C@@H](O)[C@@H](OC6O[C@H](CO)[C@@H](O)[C@H](O)[C@@H]6OC6O[C@H](CO)[C@@H](O)[C@H](O)[C@H]6NC(C)=O)[C@@H]5O)O[C@H](CO)[C@@H](O)[C@@H]4O)O[C@@H]3CO)[C@H](O)[C@@H](O)[C@H]2O)(C(=O)O)C[C@@H]1O. The van der Waals surface area contributed by atoms with Gasteiger partial charge in [0, 0.05) is 41.0 Å². The summed E-state index contributed by atoms with van der Waals surface area (Å²) < 4.78 is 94.8. The van der Waals surface area contributed by atoms with Gasteiger partial charge in [0.25, 0.3) is 5.79 Å². The van der Waals surface area contributed by atoms with Gasteiger partial charge < -0.3 is 240 Å². The molecule has 0 spiro atoms. The number of hydrogen-bond acceptors (Lipinski definition) is 48. The van der Waals surface area contributed by atoms with Crippen LogP contribution in [0, 0.1) is 0 Å². The number of carbonyl (C=O) groups is 6. The summed E-state index contributed by atoms with van der Waals surface area (Å²) in [6, 6.07) is -9.19. The minimum atomic E-state index is -3.08. The van der Waals surface area contributed by atoms with Crippen molar-refractivity contribution in [1.82, 2.24) is 26.6 Å². The average Bonchev–Trinajstić information content (AvgIpc) is 0.757. The van der Waals surface area contributed by atoms with Crippen molar-refractivity contribution in [2.45, 2.75) is 316 Å². The fourth-order valence-corrected chi connectivity index (χ4v) is 15.0. The zero-order chi connectivity index (χ0) is 90.0. The molecule has 32 N–H and O–H groups in total. The Kier molecular flexibility index (Phi) is 37.5.